The predicted octanol–water partition coefficient (Wildman–Crippen LogP) is 2.22. The number of hydrogen-bond donors (Lipinski definition) is 2. The Balaban J connectivity index is 1.91. The molecule has 1 fully saturated rings. The summed E-state index contributed by atoms with van der Waals surface area (Å²) >= 11 is 5.95. The van der Waals surface area contributed by atoms with Gasteiger partial charge in [-0.3, -0.25) is 9.69 Å². The van der Waals surface area contributed by atoms with Crippen LogP contribution in [0, 0.1) is 5.92 Å². The van der Waals surface area contributed by atoms with Gasteiger partial charge < -0.3 is 10.4 Å². The first kappa shape index (κ1) is 16.3. The number of hydrogen-bond acceptors (Lipinski definition) is 3. The number of halogens is 1. The molecule has 1 aliphatic heterocycles. The Bertz CT molecular complexity index is 481. The molecule has 2 atom stereocenters. The van der Waals surface area contributed by atoms with Crippen LogP contribution in [-0.4, -0.2) is 42.1 Å². The van der Waals surface area contributed by atoms with E-state index < -0.39 is 6.10 Å². The second-order valence-electron chi connectivity index (χ2n) is 5.56. The largest absolute Gasteiger partial charge is 0.387 e. The van der Waals surface area contributed by atoms with Gasteiger partial charge >= 0.3 is 0 Å². The Morgan fingerprint density at radius 1 is 1.57 bits per heavy atom. The van der Waals surface area contributed by atoms with E-state index in [1.165, 1.54) is 0 Å². The molecule has 1 aliphatic rings. The van der Waals surface area contributed by atoms with Gasteiger partial charge in [-0.1, -0.05) is 23.7 Å². The van der Waals surface area contributed by atoms with Crippen molar-refractivity contribution in [1.82, 2.24) is 10.2 Å². The maximum atomic E-state index is 11.9. The molecule has 1 aromatic carbocycles. The second kappa shape index (κ2) is 7.78. The molecule has 0 aliphatic carbocycles. The third-order valence-corrected chi connectivity index (χ3v) is 4.13. The van der Waals surface area contributed by atoms with Crippen LogP contribution < -0.4 is 5.32 Å². The highest BCUT2D eigenvalue weighted by Crippen LogP contribution is 2.22. The van der Waals surface area contributed by atoms with Crippen LogP contribution in [0.15, 0.2) is 24.3 Å². The van der Waals surface area contributed by atoms with Crippen molar-refractivity contribution in [1.29, 1.82) is 0 Å². The molecule has 0 radical (unpaired) electrons. The number of carbonyl (C=O) groups is 1. The molecule has 21 heavy (non-hydrogen) atoms. The summed E-state index contributed by atoms with van der Waals surface area (Å²) in [6, 6.07) is 7.30. The van der Waals surface area contributed by atoms with E-state index in [4.69, 9.17) is 11.6 Å². The van der Waals surface area contributed by atoms with E-state index >= 15 is 0 Å². The van der Waals surface area contributed by atoms with Gasteiger partial charge in [-0.2, -0.15) is 0 Å². The van der Waals surface area contributed by atoms with Gasteiger partial charge in [0.05, 0.1) is 12.0 Å². The normalized spacial score (nSPS) is 21.0. The molecule has 2 rings (SSSR count). The molecule has 116 valence electrons. The molecule has 5 heteroatoms. The number of aliphatic hydroxyl groups excluding tert-OH is 1. The summed E-state index contributed by atoms with van der Waals surface area (Å²) in [5.41, 5.74) is 0.822. The third-order valence-electron chi connectivity index (χ3n) is 3.89. The Morgan fingerprint density at radius 2 is 2.38 bits per heavy atom. The van der Waals surface area contributed by atoms with Crippen LogP contribution in [-0.2, 0) is 4.79 Å². The summed E-state index contributed by atoms with van der Waals surface area (Å²) in [5, 5.41) is 13.8. The van der Waals surface area contributed by atoms with Crippen molar-refractivity contribution in [3.63, 3.8) is 0 Å². The number of rotatable bonds is 5. The summed E-state index contributed by atoms with van der Waals surface area (Å²) in [7, 11) is 0. The quantitative estimate of drug-likeness (QED) is 0.877. The van der Waals surface area contributed by atoms with Gasteiger partial charge in [0.2, 0.25) is 5.91 Å². The second-order valence-corrected chi connectivity index (χ2v) is 6.00. The van der Waals surface area contributed by atoms with Gasteiger partial charge in [0.25, 0.3) is 0 Å². The zero-order chi connectivity index (χ0) is 15.2. The molecule has 1 aromatic rings. The number of β-amino-alcohol motifs (C(OH)–C–C–N with tert-alkyl or cyclic N) is 1. The van der Waals surface area contributed by atoms with E-state index in [1.54, 1.807) is 12.1 Å². The van der Waals surface area contributed by atoms with Crippen molar-refractivity contribution in [2.75, 3.05) is 26.2 Å². The molecule has 1 heterocycles. The summed E-state index contributed by atoms with van der Waals surface area (Å²) in [5.74, 6) is 0.157. The first-order valence-electron chi connectivity index (χ1n) is 7.53. The van der Waals surface area contributed by atoms with Crippen LogP contribution in [0.3, 0.4) is 0 Å². The first-order valence-corrected chi connectivity index (χ1v) is 7.91. The molecule has 0 aromatic heterocycles. The highest BCUT2D eigenvalue weighted by atomic mass is 35.5. The lowest BCUT2D eigenvalue weighted by molar-refractivity contribution is -0.126. The van der Waals surface area contributed by atoms with E-state index in [0.29, 0.717) is 24.7 Å². The highest BCUT2D eigenvalue weighted by Gasteiger charge is 2.26. The maximum absolute atomic E-state index is 11.9. The minimum absolute atomic E-state index is 0.0326. The van der Waals surface area contributed by atoms with Crippen molar-refractivity contribution in [3.8, 4) is 0 Å². The number of nitrogens with zero attached hydrogens (tertiary/aromatic N) is 1. The summed E-state index contributed by atoms with van der Waals surface area (Å²) < 4.78 is 0. The van der Waals surface area contributed by atoms with E-state index in [0.717, 1.165) is 24.9 Å². The van der Waals surface area contributed by atoms with Gasteiger partial charge in [-0.15, -0.1) is 0 Å². The number of amides is 1. The summed E-state index contributed by atoms with van der Waals surface area (Å²) in [4.78, 5) is 14.1. The zero-order valence-electron chi connectivity index (χ0n) is 12.4. The number of carbonyl (C=O) groups excluding carboxylic acids is 1. The first-order chi connectivity index (χ1) is 10.1. The van der Waals surface area contributed by atoms with Crippen molar-refractivity contribution < 1.29 is 9.90 Å². The molecule has 1 saturated heterocycles. The van der Waals surface area contributed by atoms with Crippen molar-refractivity contribution >= 4 is 17.5 Å². The fourth-order valence-corrected chi connectivity index (χ4v) is 3.02. The van der Waals surface area contributed by atoms with Crippen LogP contribution in [0.2, 0.25) is 5.02 Å². The average Bonchev–Trinajstić information content (AvgIpc) is 2.48. The fraction of sp³-hybridized carbons (Fsp3) is 0.562. The van der Waals surface area contributed by atoms with Crippen LogP contribution in [0.5, 0.6) is 0 Å². The van der Waals surface area contributed by atoms with Gasteiger partial charge in [0.1, 0.15) is 0 Å². The van der Waals surface area contributed by atoms with Crippen molar-refractivity contribution in [3.05, 3.63) is 34.9 Å². The third kappa shape index (κ3) is 4.70. The maximum Gasteiger partial charge on any atom is 0.224 e. The summed E-state index contributed by atoms with van der Waals surface area (Å²) in [6.45, 7) is 4.77. The SMILES string of the molecule is CCNC(=O)C1CCCN(CC(O)c2cccc(Cl)c2)C1. The zero-order valence-corrected chi connectivity index (χ0v) is 13.1. The molecule has 0 saturated carbocycles. The molecular formula is C16H23ClN2O2. The molecule has 2 N–H and O–H groups in total. The lowest BCUT2D eigenvalue weighted by Crippen LogP contribution is -2.44. The predicted molar refractivity (Wildman–Crippen MR) is 84.3 cm³/mol. The standard InChI is InChI=1S/C16H23ClN2O2/c1-2-18-16(21)13-6-4-8-19(10-13)11-15(20)12-5-3-7-14(17)9-12/h3,5,7,9,13,15,20H,2,4,6,8,10-11H2,1H3,(H,18,21). The lowest BCUT2D eigenvalue weighted by Gasteiger charge is -2.33. The molecule has 2 unspecified atom stereocenters. The number of nitrogens with one attached hydrogen (secondary N) is 1. The molecular weight excluding hydrogens is 288 g/mol. The highest BCUT2D eigenvalue weighted by molar-refractivity contribution is 6.30. The van der Waals surface area contributed by atoms with Crippen LogP contribution in [0.4, 0.5) is 0 Å². The molecule has 4 nitrogen and oxygen atoms in total. The Kier molecular flexibility index (Phi) is 6.03. The van der Waals surface area contributed by atoms with E-state index in [-0.39, 0.29) is 11.8 Å². The van der Waals surface area contributed by atoms with Gasteiger partial charge in [0.15, 0.2) is 0 Å². The van der Waals surface area contributed by atoms with E-state index in [2.05, 4.69) is 10.2 Å². The minimum atomic E-state index is -0.573. The number of likely N-dealkylation sites (tertiary alicyclic amines) is 1. The monoisotopic (exact) mass is 310 g/mol. The average molecular weight is 311 g/mol. The van der Waals surface area contributed by atoms with Crippen LogP contribution in [0.25, 0.3) is 0 Å². The van der Waals surface area contributed by atoms with Gasteiger partial charge in [-0.05, 0) is 44.0 Å². The Hall–Kier alpha value is -1.10. The molecule has 0 spiro atoms. The van der Waals surface area contributed by atoms with E-state index in [9.17, 15) is 9.90 Å². The number of aliphatic hydroxyl groups is 1. The fourth-order valence-electron chi connectivity index (χ4n) is 2.82. The minimum Gasteiger partial charge on any atom is -0.387 e. The Morgan fingerprint density at radius 3 is 3.10 bits per heavy atom. The van der Waals surface area contributed by atoms with Crippen LogP contribution >= 0.6 is 11.6 Å². The number of benzene rings is 1. The topological polar surface area (TPSA) is 52.6 Å². The van der Waals surface area contributed by atoms with Crippen molar-refractivity contribution in [2.24, 2.45) is 5.92 Å². The lowest BCUT2D eigenvalue weighted by atomic mass is 9.96. The Labute approximate surface area is 131 Å². The molecule has 0 bridgehead atoms. The number of piperidine rings is 1. The van der Waals surface area contributed by atoms with Gasteiger partial charge in [-0.25, -0.2) is 0 Å². The molecule has 1 amide bonds. The summed E-state index contributed by atoms with van der Waals surface area (Å²) in [6.07, 6.45) is 1.34. The van der Waals surface area contributed by atoms with Crippen molar-refractivity contribution in [2.45, 2.75) is 25.9 Å². The van der Waals surface area contributed by atoms with Gasteiger partial charge in [0, 0.05) is 24.7 Å². The van der Waals surface area contributed by atoms with E-state index in [1.807, 2.05) is 19.1 Å². The van der Waals surface area contributed by atoms with Crippen LogP contribution in [0.1, 0.15) is 31.4 Å². The smallest absolute Gasteiger partial charge is 0.224 e.